The molecule has 2 aliphatic heterocycles. The largest absolute Gasteiger partial charge is 0.454 e. The molecule has 98 valence electrons. The van der Waals surface area contributed by atoms with Crippen molar-refractivity contribution < 1.29 is 9.47 Å². The van der Waals surface area contributed by atoms with Crippen molar-refractivity contribution >= 4 is 5.69 Å². The lowest BCUT2D eigenvalue weighted by Crippen LogP contribution is -2.31. The van der Waals surface area contributed by atoms with Crippen LogP contribution in [0.4, 0.5) is 5.69 Å². The summed E-state index contributed by atoms with van der Waals surface area (Å²) in [5, 5.41) is 3.24. The van der Waals surface area contributed by atoms with Crippen molar-refractivity contribution in [2.45, 2.75) is 25.3 Å². The van der Waals surface area contributed by atoms with Crippen LogP contribution in [0.1, 0.15) is 19.3 Å². The predicted molar refractivity (Wildman–Crippen MR) is 71.5 cm³/mol. The summed E-state index contributed by atoms with van der Waals surface area (Å²) in [5.74, 6) is 1.75. The zero-order valence-corrected chi connectivity index (χ0v) is 10.8. The van der Waals surface area contributed by atoms with E-state index < -0.39 is 0 Å². The standard InChI is InChI=1S/C14H20N2O2/c1-15-7-6-11-3-2-8-16(11)12-4-5-13-14(9-12)18-10-17-13/h4-5,9,11,15H,2-3,6-8,10H2,1H3. The second kappa shape index (κ2) is 5.06. The third kappa shape index (κ3) is 2.12. The number of benzene rings is 1. The molecule has 2 heterocycles. The van der Waals surface area contributed by atoms with E-state index >= 15 is 0 Å². The highest BCUT2D eigenvalue weighted by Gasteiger charge is 2.25. The second-order valence-corrected chi connectivity index (χ2v) is 4.92. The Balaban J connectivity index is 1.76. The molecule has 0 aromatic heterocycles. The van der Waals surface area contributed by atoms with Gasteiger partial charge in [-0.2, -0.15) is 0 Å². The summed E-state index contributed by atoms with van der Waals surface area (Å²) in [6.45, 7) is 2.57. The maximum atomic E-state index is 5.45. The minimum atomic E-state index is 0.349. The Kier molecular flexibility index (Phi) is 3.28. The third-order valence-corrected chi connectivity index (χ3v) is 3.79. The van der Waals surface area contributed by atoms with Gasteiger partial charge in [0, 0.05) is 24.3 Å². The molecule has 1 atom stereocenters. The summed E-state index contributed by atoms with van der Waals surface area (Å²) in [4.78, 5) is 2.50. The van der Waals surface area contributed by atoms with Gasteiger partial charge in [-0.15, -0.1) is 0 Å². The number of anilines is 1. The smallest absolute Gasteiger partial charge is 0.231 e. The van der Waals surface area contributed by atoms with Crippen LogP contribution in [0.5, 0.6) is 11.5 Å². The van der Waals surface area contributed by atoms with Crippen LogP contribution < -0.4 is 19.7 Å². The van der Waals surface area contributed by atoms with Crippen molar-refractivity contribution in [1.29, 1.82) is 0 Å². The average molecular weight is 248 g/mol. The van der Waals surface area contributed by atoms with E-state index in [1.165, 1.54) is 24.9 Å². The maximum Gasteiger partial charge on any atom is 0.231 e. The van der Waals surface area contributed by atoms with Crippen LogP contribution >= 0.6 is 0 Å². The highest BCUT2D eigenvalue weighted by molar-refractivity contribution is 5.58. The van der Waals surface area contributed by atoms with Gasteiger partial charge in [-0.3, -0.25) is 0 Å². The van der Waals surface area contributed by atoms with Gasteiger partial charge in [0.2, 0.25) is 6.79 Å². The maximum absolute atomic E-state index is 5.45. The summed E-state index contributed by atoms with van der Waals surface area (Å²) in [6.07, 6.45) is 3.77. The SMILES string of the molecule is CNCCC1CCCN1c1ccc2c(c1)OCO2. The Labute approximate surface area is 108 Å². The third-order valence-electron chi connectivity index (χ3n) is 3.79. The Bertz CT molecular complexity index is 422. The molecule has 4 nitrogen and oxygen atoms in total. The first-order chi connectivity index (χ1) is 8.88. The normalized spacial score (nSPS) is 21.6. The van der Waals surface area contributed by atoms with Gasteiger partial charge in [0.15, 0.2) is 11.5 Å². The number of ether oxygens (including phenoxy) is 2. The topological polar surface area (TPSA) is 33.7 Å². The molecule has 0 bridgehead atoms. The Morgan fingerprint density at radius 2 is 2.22 bits per heavy atom. The van der Waals surface area contributed by atoms with Crippen molar-refractivity contribution in [2.24, 2.45) is 0 Å². The molecule has 1 aromatic rings. The Morgan fingerprint density at radius 1 is 1.33 bits per heavy atom. The van der Waals surface area contributed by atoms with Crippen molar-refractivity contribution in [1.82, 2.24) is 5.32 Å². The Morgan fingerprint density at radius 3 is 3.11 bits per heavy atom. The van der Waals surface area contributed by atoms with Gasteiger partial charge in [0.05, 0.1) is 0 Å². The van der Waals surface area contributed by atoms with Crippen molar-refractivity contribution in [3.63, 3.8) is 0 Å². The summed E-state index contributed by atoms with van der Waals surface area (Å²) in [5.41, 5.74) is 1.26. The van der Waals surface area contributed by atoms with Gasteiger partial charge in [0.1, 0.15) is 0 Å². The fraction of sp³-hybridized carbons (Fsp3) is 0.571. The molecule has 0 aliphatic carbocycles. The van der Waals surface area contributed by atoms with Crippen LogP contribution in [0.25, 0.3) is 0 Å². The van der Waals surface area contributed by atoms with Gasteiger partial charge in [-0.05, 0) is 45.0 Å². The first-order valence-electron chi connectivity index (χ1n) is 6.69. The van der Waals surface area contributed by atoms with E-state index in [-0.39, 0.29) is 0 Å². The zero-order chi connectivity index (χ0) is 12.4. The molecule has 0 saturated carbocycles. The summed E-state index contributed by atoms with van der Waals surface area (Å²) in [7, 11) is 2.01. The van der Waals surface area contributed by atoms with E-state index in [1.807, 2.05) is 13.1 Å². The number of hydrogen-bond donors (Lipinski definition) is 1. The lowest BCUT2D eigenvalue weighted by atomic mass is 10.1. The van der Waals surface area contributed by atoms with E-state index in [9.17, 15) is 0 Å². The highest BCUT2D eigenvalue weighted by atomic mass is 16.7. The number of rotatable bonds is 4. The quantitative estimate of drug-likeness (QED) is 0.883. The molecule has 1 aromatic carbocycles. The monoisotopic (exact) mass is 248 g/mol. The molecule has 1 saturated heterocycles. The molecular weight excluding hydrogens is 228 g/mol. The number of nitrogens with zero attached hydrogens (tertiary/aromatic N) is 1. The summed E-state index contributed by atoms with van der Waals surface area (Å²) in [6, 6.07) is 6.92. The molecule has 1 fully saturated rings. The first-order valence-corrected chi connectivity index (χ1v) is 6.69. The predicted octanol–water partition coefficient (Wildman–Crippen LogP) is 1.99. The van der Waals surface area contributed by atoms with Crippen LogP contribution in [-0.2, 0) is 0 Å². The minimum Gasteiger partial charge on any atom is -0.454 e. The molecule has 18 heavy (non-hydrogen) atoms. The molecule has 1 N–H and O–H groups in total. The van der Waals surface area contributed by atoms with Gasteiger partial charge >= 0.3 is 0 Å². The van der Waals surface area contributed by atoms with E-state index in [0.717, 1.165) is 24.6 Å². The molecule has 1 unspecified atom stereocenters. The molecule has 4 heteroatoms. The minimum absolute atomic E-state index is 0.349. The second-order valence-electron chi connectivity index (χ2n) is 4.92. The van der Waals surface area contributed by atoms with Gasteiger partial charge < -0.3 is 19.7 Å². The molecule has 3 rings (SSSR count). The fourth-order valence-corrected chi connectivity index (χ4v) is 2.85. The van der Waals surface area contributed by atoms with Crippen molar-refractivity contribution in [3.8, 4) is 11.5 Å². The van der Waals surface area contributed by atoms with Crippen LogP contribution in [0, 0.1) is 0 Å². The van der Waals surface area contributed by atoms with E-state index in [0.29, 0.717) is 12.8 Å². The molecule has 0 spiro atoms. The molecule has 0 radical (unpaired) electrons. The van der Waals surface area contributed by atoms with E-state index in [2.05, 4.69) is 22.3 Å². The molecular formula is C14H20N2O2. The number of fused-ring (bicyclic) bond motifs is 1. The highest BCUT2D eigenvalue weighted by Crippen LogP contribution is 2.37. The lowest BCUT2D eigenvalue weighted by molar-refractivity contribution is 0.174. The molecule has 0 amide bonds. The van der Waals surface area contributed by atoms with Crippen LogP contribution in [0.3, 0.4) is 0 Å². The van der Waals surface area contributed by atoms with Crippen LogP contribution in [-0.4, -0.2) is 33.0 Å². The first kappa shape index (κ1) is 11.7. The van der Waals surface area contributed by atoms with Gasteiger partial charge in [0.25, 0.3) is 0 Å². The van der Waals surface area contributed by atoms with E-state index in [1.54, 1.807) is 0 Å². The van der Waals surface area contributed by atoms with E-state index in [4.69, 9.17) is 9.47 Å². The average Bonchev–Trinajstić information content (AvgIpc) is 3.03. The number of hydrogen-bond acceptors (Lipinski definition) is 4. The Hall–Kier alpha value is -1.42. The zero-order valence-electron chi connectivity index (χ0n) is 10.8. The summed E-state index contributed by atoms with van der Waals surface area (Å²) < 4.78 is 10.8. The van der Waals surface area contributed by atoms with Crippen LogP contribution in [0.15, 0.2) is 18.2 Å². The summed E-state index contributed by atoms with van der Waals surface area (Å²) >= 11 is 0. The fourth-order valence-electron chi connectivity index (χ4n) is 2.85. The van der Waals surface area contributed by atoms with Crippen molar-refractivity contribution in [3.05, 3.63) is 18.2 Å². The van der Waals surface area contributed by atoms with Crippen molar-refractivity contribution in [2.75, 3.05) is 31.8 Å². The van der Waals surface area contributed by atoms with Gasteiger partial charge in [-0.1, -0.05) is 0 Å². The molecule has 2 aliphatic rings. The van der Waals surface area contributed by atoms with Gasteiger partial charge in [-0.25, -0.2) is 0 Å². The van der Waals surface area contributed by atoms with Crippen LogP contribution in [0.2, 0.25) is 0 Å². The lowest BCUT2D eigenvalue weighted by Gasteiger charge is -2.27. The number of nitrogens with one attached hydrogen (secondary N) is 1.